The summed E-state index contributed by atoms with van der Waals surface area (Å²) >= 11 is 1.74. The van der Waals surface area contributed by atoms with Crippen LogP contribution in [-0.4, -0.2) is 10.9 Å². The lowest BCUT2D eigenvalue weighted by Crippen LogP contribution is -2.11. The average molecular weight is 387 g/mol. The van der Waals surface area contributed by atoms with Crippen molar-refractivity contribution in [2.24, 2.45) is 0 Å². The van der Waals surface area contributed by atoms with Gasteiger partial charge in [-0.1, -0.05) is 30.3 Å². The summed E-state index contributed by atoms with van der Waals surface area (Å²) in [6.07, 6.45) is 2.08. The summed E-state index contributed by atoms with van der Waals surface area (Å²) in [5.41, 5.74) is 7.87. The number of anilines is 1. The van der Waals surface area contributed by atoms with Crippen LogP contribution >= 0.6 is 11.8 Å². The molecule has 1 N–H and O–H groups in total. The van der Waals surface area contributed by atoms with E-state index >= 15 is 0 Å². The van der Waals surface area contributed by atoms with Gasteiger partial charge < -0.3 is 4.74 Å². The van der Waals surface area contributed by atoms with Gasteiger partial charge in [-0.25, -0.2) is 0 Å². The van der Waals surface area contributed by atoms with Gasteiger partial charge in [-0.05, 0) is 73.8 Å². The first-order chi connectivity index (χ1) is 13.7. The van der Waals surface area contributed by atoms with Crippen LogP contribution in [0, 0.1) is 6.92 Å². The predicted molar refractivity (Wildman–Crippen MR) is 118 cm³/mol. The Morgan fingerprint density at radius 2 is 1.54 bits per heavy atom. The minimum Gasteiger partial charge on any atom is -0.457 e. The van der Waals surface area contributed by atoms with E-state index in [1.165, 1.54) is 4.90 Å². The van der Waals surface area contributed by atoms with Gasteiger partial charge in [0.15, 0.2) is 0 Å². The van der Waals surface area contributed by atoms with Crippen LogP contribution in [0.15, 0.2) is 95.9 Å². The number of hydrogen-bond donors (Lipinski definition) is 1. The highest BCUT2D eigenvalue weighted by Gasteiger charge is 2.09. The zero-order valence-electron chi connectivity index (χ0n) is 15.9. The van der Waals surface area contributed by atoms with Crippen molar-refractivity contribution in [2.75, 3.05) is 11.7 Å². The molecule has 0 saturated carbocycles. The van der Waals surface area contributed by atoms with E-state index in [0.29, 0.717) is 0 Å². The van der Waals surface area contributed by atoms with Gasteiger partial charge in [0.2, 0.25) is 0 Å². The largest absolute Gasteiger partial charge is 0.457 e. The van der Waals surface area contributed by atoms with E-state index in [2.05, 4.69) is 71.8 Å². The average Bonchev–Trinajstić information content (AvgIpc) is 3.10. The molecule has 0 fully saturated rings. The number of benzene rings is 3. The van der Waals surface area contributed by atoms with E-state index in [-0.39, 0.29) is 0 Å². The summed E-state index contributed by atoms with van der Waals surface area (Å²) in [6.45, 7) is 2.09. The molecular weight excluding hydrogens is 364 g/mol. The van der Waals surface area contributed by atoms with Gasteiger partial charge in [-0.15, -0.1) is 11.8 Å². The lowest BCUT2D eigenvalue weighted by molar-refractivity contribution is 0.483. The summed E-state index contributed by atoms with van der Waals surface area (Å²) in [4.78, 5) is 1.25. The van der Waals surface area contributed by atoms with Crippen molar-refractivity contribution in [1.29, 1.82) is 0 Å². The van der Waals surface area contributed by atoms with Crippen molar-refractivity contribution in [3.8, 4) is 22.8 Å². The maximum atomic E-state index is 6.00. The lowest BCUT2D eigenvalue weighted by Gasteiger charge is -2.15. The standard InChI is InChI=1S/C24H22N2OS/c1-18-11-16-24(26(18)25-20-12-14-23(28-2)15-13-20)19-7-6-10-22(17-19)27-21-8-4-3-5-9-21/h3-17,25H,1-2H3. The zero-order chi connectivity index (χ0) is 19.3. The topological polar surface area (TPSA) is 26.2 Å². The van der Waals surface area contributed by atoms with Crippen LogP contribution in [0.2, 0.25) is 0 Å². The third kappa shape index (κ3) is 4.07. The SMILES string of the molecule is CSc1ccc(Nn2c(C)ccc2-c2cccc(Oc3ccccc3)c2)cc1. The Kier molecular flexibility index (Phi) is 5.40. The van der Waals surface area contributed by atoms with Gasteiger partial charge in [0.25, 0.3) is 0 Å². The Morgan fingerprint density at radius 1 is 0.786 bits per heavy atom. The van der Waals surface area contributed by atoms with Gasteiger partial charge in [0, 0.05) is 16.2 Å². The number of nitrogens with zero attached hydrogens (tertiary/aromatic N) is 1. The number of rotatable bonds is 6. The van der Waals surface area contributed by atoms with Crippen molar-refractivity contribution >= 4 is 17.4 Å². The molecule has 0 bridgehead atoms. The summed E-state index contributed by atoms with van der Waals surface area (Å²) in [5.74, 6) is 1.65. The molecule has 4 heteroatoms. The molecule has 1 heterocycles. The highest BCUT2D eigenvalue weighted by atomic mass is 32.2. The third-order valence-electron chi connectivity index (χ3n) is 4.52. The molecule has 0 spiro atoms. The number of hydrogen-bond acceptors (Lipinski definition) is 3. The molecule has 0 aliphatic heterocycles. The van der Waals surface area contributed by atoms with Crippen molar-refractivity contribution in [2.45, 2.75) is 11.8 Å². The molecule has 4 rings (SSSR count). The fourth-order valence-corrected chi connectivity index (χ4v) is 3.46. The van der Waals surface area contributed by atoms with Gasteiger partial charge in [-0.3, -0.25) is 10.1 Å². The van der Waals surface area contributed by atoms with Gasteiger partial charge in [0.05, 0.1) is 11.4 Å². The summed E-state index contributed by atoms with van der Waals surface area (Å²) in [7, 11) is 0. The van der Waals surface area contributed by atoms with E-state index in [9.17, 15) is 0 Å². The number of thioether (sulfide) groups is 1. The van der Waals surface area contributed by atoms with Gasteiger partial charge in [0.1, 0.15) is 11.5 Å². The molecule has 0 unspecified atom stereocenters. The van der Waals surface area contributed by atoms with Crippen LogP contribution in [0.4, 0.5) is 5.69 Å². The zero-order valence-corrected chi connectivity index (χ0v) is 16.7. The van der Waals surface area contributed by atoms with Crippen LogP contribution < -0.4 is 10.2 Å². The Morgan fingerprint density at radius 3 is 2.29 bits per heavy atom. The second-order valence-corrected chi connectivity index (χ2v) is 7.36. The van der Waals surface area contributed by atoms with Crippen molar-refractivity contribution < 1.29 is 4.74 Å². The monoisotopic (exact) mass is 386 g/mol. The summed E-state index contributed by atoms with van der Waals surface area (Å²) in [6, 6.07) is 30.7. The quantitative estimate of drug-likeness (QED) is 0.367. The fraction of sp³-hybridized carbons (Fsp3) is 0.0833. The molecule has 140 valence electrons. The van der Waals surface area contributed by atoms with Crippen LogP contribution in [-0.2, 0) is 0 Å². The molecule has 28 heavy (non-hydrogen) atoms. The molecule has 4 aromatic rings. The molecule has 3 nitrogen and oxygen atoms in total. The second-order valence-electron chi connectivity index (χ2n) is 6.48. The summed E-state index contributed by atoms with van der Waals surface area (Å²) < 4.78 is 8.11. The number of nitrogens with one attached hydrogen (secondary N) is 1. The first kappa shape index (κ1) is 18.3. The van der Waals surface area contributed by atoms with E-state index in [1.807, 2.05) is 42.5 Å². The molecule has 3 aromatic carbocycles. The molecule has 0 aliphatic rings. The minimum absolute atomic E-state index is 0.818. The smallest absolute Gasteiger partial charge is 0.128 e. The number of aromatic nitrogens is 1. The Labute approximate surface area is 170 Å². The number of aryl methyl sites for hydroxylation is 1. The second kappa shape index (κ2) is 8.28. The van der Waals surface area contributed by atoms with E-state index < -0.39 is 0 Å². The predicted octanol–water partition coefficient (Wildman–Crippen LogP) is 6.85. The molecule has 0 atom stereocenters. The maximum absolute atomic E-state index is 6.00. The van der Waals surface area contributed by atoms with Gasteiger partial charge in [-0.2, -0.15) is 0 Å². The van der Waals surface area contributed by atoms with Gasteiger partial charge >= 0.3 is 0 Å². The van der Waals surface area contributed by atoms with Crippen LogP contribution in [0.3, 0.4) is 0 Å². The van der Waals surface area contributed by atoms with E-state index in [1.54, 1.807) is 11.8 Å². The van der Waals surface area contributed by atoms with Crippen LogP contribution in [0.1, 0.15) is 5.69 Å². The molecule has 0 amide bonds. The Balaban J connectivity index is 1.62. The Hall–Kier alpha value is -3.11. The number of para-hydroxylation sites is 1. The molecule has 0 aliphatic carbocycles. The van der Waals surface area contributed by atoms with Crippen LogP contribution in [0.5, 0.6) is 11.5 Å². The molecule has 1 aromatic heterocycles. The normalized spacial score (nSPS) is 10.6. The Bertz CT molecular complexity index is 1060. The van der Waals surface area contributed by atoms with Crippen LogP contribution in [0.25, 0.3) is 11.3 Å². The minimum atomic E-state index is 0.818. The molecule has 0 radical (unpaired) electrons. The third-order valence-corrected chi connectivity index (χ3v) is 5.26. The maximum Gasteiger partial charge on any atom is 0.128 e. The number of ether oxygens (including phenoxy) is 1. The van der Waals surface area contributed by atoms with Crippen molar-refractivity contribution in [3.63, 3.8) is 0 Å². The van der Waals surface area contributed by atoms with E-state index in [4.69, 9.17) is 4.74 Å². The molecule has 0 saturated heterocycles. The summed E-state index contributed by atoms with van der Waals surface area (Å²) in [5, 5.41) is 0. The van der Waals surface area contributed by atoms with E-state index in [0.717, 1.165) is 34.1 Å². The van der Waals surface area contributed by atoms with Crippen molar-refractivity contribution in [3.05, 3.63) is 96.7 Å². The highest BCUT2D eigenvalue weighted by Crippen LogP contribution is 2.29. The fourth-order valence-electron chi connectivity index (χ4n) is 3.05. The lowest BCUT2D eigenvalue weighted by atomic mass is 10.1. The first-order valence-corrected chi connectivity index (χ1v) is 10.4. The molecular formula is C24H22N2OS. The first-order valence-electron chi connectivity index (χ1n) is 9.16. The highest BCUT2D eigenvalue weighted by molar-refractivity contribution is 7.98. The van der Waals surface area contributed by atoms with Crippen molar-refractivity contribution in [1.82, 2.24) is 4.68 Å².